The van der Waals surface area contributed by atoms with Gasteiger partial charge in [0, 0.05) is 12.3 Å². The first-order chi connectivity index (χ1) is 10.6. The van der Waals surface area contributed by atoms with Gasteiger partial charge >= 0.3 is 5.69 Å². The second kappa shape index (κ2) is 5.50. The molecule has 1 amide bonds. The van der Waals surface area contributed by atoms with Crippen LogP contribution < -0.4 is 22.7 Å². The summed E-state index contributed by atoms with van der Waals surface area (Å²) in [6.45, 7) is -1.39. The van der Waals surface area contributed by atoms with E-state index in [-0.39, 0.29) is 0 Å². The molecule has 2 heterocycles. The number of rotatable bonds is 4. The molecule has 12 heteroatoms. The maximum Gasteiger partial charge on any atom is 0.330 e. The second-order valence-electron chi connectivity index (χ2n) is 5.05. The van der Waals surface area contributed by atoms with Crippen LogP contribution in [0.3, 0.4) is 0 Å². The summed E-state index contributed by atoms with van der Waals surface area (Å²) < 4.78 is 20.2. The summed E-state index contributed by atoms with van der Waals surface area (Å²) in [5.74, 6) is -1.55. The largest absolute Gasteiger partial charge is 0.393 e. The number of primary amides is 1. The fourth-order valence-corrected chi connectivity index (χ4v) is 2.57. The van der Waals surface area contributed by atoms with E-state index < -0.39 is 53.6 Å². The smallest absolute Gasteiger partial charge is 0.330 e. The summed E-state index contributed by atoms with van der Waals surface area (Å²) in [6.07, 6.45) is -6.03. The number of nitrogens with one attached hydrogen (secondary N) is 1. The highest BCUT2D eigenvalue weighted by molar-refractivity contribution is 5.86. The number of alkyl halides is 1. The van der Waals surface area contributed by atoms with E-state index in [1.165, 1.54) is 0 Å². The van der Waals surface area contributed by atoms with Gasteiger partial charge in [0.25, 0.3) is 11.5 Å². The maximum absolute atomic E-state index is 14.7. The number of aliphatic hydroxyl groups is 3. The minimum atomic E-state index is -3.02. The first kappa shape index (κ1) is 17.2. The van der Waals surface area contributed by atoms with E-state index in [1.54, 1.807) is 0 Å². The molecule has 0 radical (unpaired) electrons. The van der Waals surface area contributed by atoms with E-state index in [9.17, 15) is 34.1 Å². The second-order valence-corrected chi connectivity index (χ2v) is 5.05. The van der Waals surface area contributed by atoms with Crippen LogP contribution >= 0.6 is 0 Å². The number of aromatic nitrogens is 2. The summed E-state index contributed by atoms with van der Waals surface area (Å²) >= 11 is 0. The number of amides is 1. The van der Waals surface area contributed by atoms with E-state index in [2.05, 4.69) is 0 Å². The number of aromatic amines is 1. The number of halogens is 1. The number of aliphatic hydroxyl groups excluding tert-OH is 2. The van der Waals surface area contributed by atoms with Gasteiger partial charge in [-0.15, -0.1) is 0 Å². The van der Waals surface area contributed by atoms with E-state index in [1.807, 2.05) is 4.98 Å². The van der Waals surface area contributed by atoms with Crippen LogP contribution in [0, 0.1) is 0 Å². The fraction of sp³-hybridized carbons (Fsp3) is 0.545. The Morgan fingerprint density at radius 3 is 2.57 bits per heavy atom. The monoisotopic (exact) mass is 334 g/mol. The van der Waals surface area contributed by atoms with Crippen molar-refractivity contribution in [3.8, 4) is 0 Å². The third kappa shape index (κ3) is 2.19. The molecule has 5 atom stereocenters. The molecule has 23 heavy (non-hydrogen) atoms. The number of H-pyrrole nitrogens is 1. The van der Waals surface area contributed by atoms with Crippen molar-refractivity contribution >= 4 is 5.91 Å². The standard InChI is InChI=1S/C11H15FN4O7/c12-5-6(16-2-1-4(18)15-9(16)21)23-11(7(13)19,8(14)20)10(5,22)3-17/h1-2,5-7,17,19,22H,3,13H2,(H2,14,20)(H,15,18,21)/t5-,6+,7?,10-,11-/m0/s1. The van der Waals surface area contributed by atoms with Crippen LogP contribution in [-0.4, -0.2) is 61.0 Å². The summed E-state index contributed by atoms with van der Waals surface area (Å²) in [5, 5.41) is 29.2. The zero-order valence-electron chi connectivity index (χ0n) is 11.5. The van der Waals surface area contributed by atoms with Gasteiger partial charge < -0.3 is 31.5 Å². The number of hydrogen-bond donors (Lipinski definition) is 6. The highest BCUT2D eigenvalue weighted by Gasteiger charge is 2.72. The summed E-state index contributed by atoms with van der Waals surface area (Å²) in [7, 11) is 0. The Bertz CT molecular complexity index is 734. The molecule has 1 aromatic heterocycles. The molecule has 0 spiro atoms. The van der Waals surface area contributed by atoms with E-state index >= 15 is 0 Å². The van der Waals surface area contributed by atoms with Crippen molar-refractivity contribution in [2.45, 2.75) is 29.8 Å². The van der Waals surface area contributed by atoms with Gasteiger partial charge in [-0.05, 0) is 0 Å². The van der Waals surface area contributed by atoms with Gasteiger partial charge in [0.2, 0.25) is 5.60 Å². The quantitative estimate of drug-likeness (QED) is 0.297. The fourth-order valence-electron chi connectivity index (χ4n) is 2.57. The lowest BCUT2D eigenvalue weighted by Crippen LogP contribution is -2.71. The molecular weight excluding hydrogens is 319 g/mol. The molecule has 1 aromatic rings. The third-order valence-electron chi connectivity index (χ3n) is 3.81. The molecule has 1 aliphatic rings. The van der Waals surface area contributed by atoms with Crippen molar-refractivity contribution in [1.29, 1.82) is 0 Å². The molecule has 2 rings (SSSR count). The number of carbonyl (C=O) groups excluding carboxylic acids is 1. The normalized spacial score (nSPS) is 35.2. The number of ether oxygens (including phenoxy) is 1. The molecule has 0 aliphatic carbocycles. The first-order valence-corrected chi connectivity index (χ1v) is 6.32. The van der Waals surface area contributed by atoms with Gasteiger partial charge in [0.05, 0.1) is 6.61 Å². The molecule has 11 nitrogen and oxygen atoms in total. The average Bonchev–Trinajstić information content (AvgIpc) is 2.70. The van der Waals surface area contributed by atoms with Crippen molar-refractivity contribution < 1.29 is 29.2 Å². The van der Waals surface area contributed by atoms with Gasteiger partial charge in [0.15, 0.2) is 18.0 Å². The lowest BCUT2D eigenvalue weighted by atomic mass is 9.79. The Hall–Kier alpha value is -2.12. The van der Waals surface area contributed by atoms with Crippen LogP contribution in [0.25, 0.3) is 0 Å². The zero-order valence-corrected chi connectivity index (χ0v) is 11.5. The molecule has 1 unspecified atom stereocenters. The Labute approximate surface area is 126 Å². The predicted octanol–water partition coefficient (Wildman–Crippen LogP) is -4.37. The predicted molar refractivity (Wildman–Crippen MR) is 70.5 cm³/mol. The van der Waals surface area contributed by atoms with Gasteiger partial charge in [-0.3, -0.25) is 19.1 Å². The zero-order chi connectivity index (χ0) is 17.6. The maximum atomic E-state index is 14.7. The molecule has 8 N–H and O–H groups in total. The molecule has 0 saturated carbocycles. The molecular formula is C11H15FN4O7. The van der Waals surface area contributed by atoms with Crippen molar-refractivity contribution in [3.63, 3.8) is 0 Å². The van der Waals surface area contributed by atoms with Gasteiger partial charge in [-0.25, -0.2) is 9.18 Å². The van der Waals surface area contributed by atoms with Gasteiger partial charge in [-0.1, -0.05) is 0 Å². The Morgan fingerprint density at radius 2 is 2.17 bits per heavy atom. The number of hydrogen-bond acceptors (Lipinski definition) is 8. The summed E-state index contributed by atoms with van der Waals surface area (Å²) in [5.41, 5.74) is 2.43. The van der Waals surface area contributed by atoms with Crippen molar-refractivity contribution in [3.05, 3.63) is 33.1 Å². The lowest BCUT2D eigenvalue weighted by Gasteiger charge is -2.38. The minimum Gasteiger partial charge on any atom is -0.393 e. The van der Waals surface area contributed by atoms with Crippen LogP contribution in [0.1, 0.15) is 6.23 Å². The average molecular weight is 334 g/mol. The Kier molecular flexibility index (Phi) is 4.13. The highest BCUT2D eigenvalue weighted by atomic mass is 19.1. The van der Waals surface area contributed by atoms with Crippen molar-refractivity contribution in [2.75, 3.05) is 6.61 Å². The Morgan fingerprint density at radius 1 is 1.57 bits per heavy atom. The molecule has 1 aliphatic heterocycles. The first-order valence-electron chi connectivity index (χ1n) is 6.32. The van der Waals surface area contributed by atoms with Crippen LogP contribution in [0.4, 0.5) is 4.39 Å². The minimum absolute atomic E-state index is 0.514. The van der Waals surface area contributed by atoms with Crippen molar-refractivity contribution in [1.82, 2.24) is 9.55 Å². The summed E-state index contributed by atoms with van der Waals surface area (Å²) in [6, 6.07) is 0.860. The third-order valence-corrected chi connectivity index (χ3v) is 3.81. The SMILES string of the molecule is NC(=O)[C@]1(C(N)O)O[C@@H](n2ccc(=O)[nH]c2=O)[C@H](F)[C@@]1(O)CO. The molecule has 1 fully saturated rings. The van der Waals surface area contributed by atoms with E-state index in [4.69, 9.17) is 16.2 Å². The van der Waals surface area contributed by atoms with Gasteiger partial charge in [0.1, 0.15) is 6.23 Å². The summed E-state index contributed by atoms with van der Waals surface area (Å²) in [4.78, 5) is 36.3. The molecule has 0 aromatic carbocycles. The van der Waals surface area contributed by atoms with E-state index in [0.717, 1.165) is 12.3 Å². The van der Waals surface area contributed by atoms with E-state index in [0.29, 0.717) is 4.57 Å². The molecule has 128 valence electrons. The van der Waals surface area contributed by atoms with Crippen LogP contribution in [-0.2, 0) is 9.53 Å². The Balaban J connectivity index is 2.65. The molecule has 1 saturated heterocycles. The number of carbonyl (C=O) groups is 1. The van der Waals surface area contributed by atoms with Crippen LogP contribution in [0.15, 0.2) is 21.9 Å². The van der Waals surface area contributed by atoms with Crippen LogP contribution in [0.2, 0.25) is 0 Å². The molecule has 0 bridgehead atoms. The van der Waals surface area contributed by atoms with Crippen LogP contribution in [0.5, 0.6) is 0 Å². The number of nitrogens with two attached hydrogens (primary N) is 2. The number of nitrogens with zero attached hydrogens (tertiary/aromatic N) is 1. The van der Waals surface area contributed by atoms with Crippen molar-refractivity contribution in [2.24, 2.45) is 11.5 Å². The lowest BCUT2D eigenvalue weighted by molar-refractivity contribution is -0.207. The topological polar surface area (TPSA) is 194 Å². The highest BCUT2D eigenvalue weighted by Crippen LogP contribution is 2.46. The van der Waals surface area contributed by atoms with Gasteiger partial charge in [-0.2, -0.15) is 0 Å².